The first-order valence-electron chi connectivity index (χ1n) is 8.27. The second kappa shape index (κ2) is 7.11. The van der Waals surface area contributed by atoms with Gasteiger partial charge in [-0.2, -0.15) is 0 Å². The van der Waals surface area contributed by atoms with Gasteiger partial charge >= 0.3 is 0 Å². The maximum absolute atomic E-state index is 12.0. The van der Waals surface area contributed by atoms with E-state index in [1.54, 1.807) is 12.4 Å². The quantitative estimate of drug-likeness (QED) is 0.682. The van der Waals surface area contributed by atoms with E-state index in [0.717, 1.165) is 34.5 Å². The number of benzene rings is 1. The lowest BCUT2D eigenvalue weighted by Crippen LogP contribution is -2.35. The van der Waals surface area contributed by atoms with Gasteiger partial charge < -0.3 is 9.69 Å². The molecule has 1 aliphatic rings. The number of allylic oxidation sites excluding steroid dienone is 2. The van der Waals surface area contributed by atoms with Crippen LogP contribution in [-0.2, 0) is 4.79 Å². The predicted octanol–water partition coefficient (Wildman–Crippen LogP) is 3.38. The molecule has 0 saturated carbocycles. The molecule has 1 unspecified atom stereocenters. The van der Waals surface area contributed by atoms with Crippen molar-refractivity contribution in [3.8, 4) is 0 Å². The third-order valence-electron chi connectivity index (χ3n) is 4.23. The van der Waals surface area contributed by atoms with Crippen molar-refractivity contribution in [2.45, 2.75) is 6.04 Å². The Hall–Kier alpha value is -3.60. The van der Waals surface area contributed by atoms with E-state index in [9.17, 15) is 4.79 Å². The molecule has 3 aromatic rings. The van der Waals surface area contributed by atoms with E-state index in [2.05, 4.69) is 15.0 Å². The zero-order valence-electron chi connectivity index (χ0n) is 13.9. The van der Waals surface area contributed by atoms with Crippen LogP contribution in [0.2, 0.25) is 0 Å². The fraction of sp³-hybridized carbons (Fsp3) is 0.0476. The first kappa shape index (κ1) is 15.9. The van der Waals surface area contributed by atoms with Crippen LogP contribution in [-0.4, -0.2) is 27.3 Å². The maximum atomic E-state index is 12.0. The summed E-state index contributed by atoms with van der Waals surface area (Å²) in [6.45, 7) is 0. The average Bonchev–Trinajstić information content (AvgIpc) is 2.74. The molecule has 0 radical (unpaired) electrons. The van der Waals surface area contributed by atoms with Gasteiger partial charge in [0.25, 0.3) is 0 Å². The minimum Gasteiger partial charge on any atom is -0.333 e. The van der Waals surface area contributed by atoms with Gasteiger partial charge in [0.15, 0.2) is 0 Å². The smallest absolute Gasteiger partial charge is 0.147 e. The van der Waals surface area contributed by atoms with Crippen LogP contribution in [0.15, 0.2) is 85.6 Å². The Morgan fingerprint density at radius 3 is 2.42 bits per heavy atom. The normalized spacial score (nSPS) is 16.6. The van der Waals surface area contributed by atoms with Gasteiger partial charge in [0.05, 0.1) is 11.4 Å². The van der Waals surface area contributed by atoms with Gasteiger partial charge in [-0.05, 0) is 36.4 Å². The molecule has 1 atom stereocenters. The molecule has 0 saturated heterocycles. The summed E-state index contributed by atoms with van der Waals surface area (Å²) in [5, 5.41) is 0. The molecule has 1 aromatic carbocycles. The lowest BCUT2D eigenvalue weighted by molar-refractivity contribution is -0.107. The Morgan fingerprint density at radius 2 is 1.73 bits per heavy atom. The zero-order chi connectivity index (χ0) is 17.8. The number of hydrogen-bond donors (Lipinski definition) is 0. The van der Waals surface area contributed by atoms with Crippen LogP contribution in [0.5, 0.6) is 0 Å². The number of aldehydes is 1. The van der Waals surface area contributed by atoms with Crippen molar-refractivity contribution >= 4 is 23.1 Å². The molecule has 26 heavy (non-hydrogen) atoms. The number of para-hydroxylation sites is 1. The molecule has 126 valence electrons. The lowest BCUT2D eigenvalue weighted by atomic mass is 9.94. The Labute approximate surface area is 151 Å². The first-order chi connectivity index (χ1) is 12.9. The topological polar surface area (TPSA) is 59.0 Å². The molecule has 5 heteroatoms. The predicted molar refractivity (Wildman–Crippen MR) is 101 cm³/mol. The van der Waals surface area contributed by atoms with E-state index in [0.29, 0.717) is 0 Å². The van der Waals surface area contributed by atoms with Crippen LogP contribution in [0, 0.1) is 0 Å². The van der Waals surface area contributed by atoms with Gasteiger partial charge in [-0.3, -0.25) is 4.98 Å². The second-order valence-corrected chi connectivity index (χ2v) is 5.82. The summed E-state index contributed by atoms with van der Waals surface area (Å²) >= 11 is 0. The monoisotopic (exact) mass is 340 g/mol. The highest BCUT2D eigenvalue weighted by Gasteiger charge is 2.28. The number of carbonyl (C=O) groups excluding carboxylic acids is 1. The molecule has 0 amide bonds. The van der Waals surface area contributed by atoms with E-state index in [1.807, 2.05) is 71.8 Å². The van der Waals surface area contributed by atoms with Gasteiger partial charge in [0.1, 0.15) is 18.7 Å². The molecule has 2 aromatic heterocycles. The highest BCUT2D eigenvalue weighted by molar-refractivity contribution is 5.97. The summed E-state index contributed by atoms with van der Waals surface area (Å²) in [7, 11) is 0. The number of rotatable bonds is 4. The molecule has 1 aliphatic heterocycles. The summed E-state index contributed by atoms with van der Waals surface area (Å²) in [4.78, 5) is 26.7. The van der Waals surface area contributed by atoms with E-state index >= 15 is 0 Å². The van der Waals surface area contributed by atoms with Crippen LogP contribution >= 0.6 is 0 Å². The third kappa shape index (κ3) is 3.02. The van der Waals surface area contributed by atoms with Crippen molar-refractivity contribution in [1.82, 2.24) is 15.0 Å². The summed E-state index contributed by atoms with van der Waals surface area (Å²) < 4.78 is 0. The fourth-order valence-corrected chi connectivity index (χ4v) is 3.00. The van der Waals surface area contributed by atoms with E-state index in [1.165, 1.54) is 6.33 Å². The molecule has 5 nitrogen and oxygen atoms in total. The zero-order valence-corrected chi connectivity index (χ0v) is 13.9. The Bertz CT molecular complexity index is 953. The molecule has 0 aliphatic carbocycles. The van der Waals surface area contributed by atoms with Gasteiger partial charge in [-0.1, -0.05) is 24.3 Å². The van der Waals surface area contributed by atoms with Crippen LogP contribution in [0.25, 0.3) is 11.1 Å². The molecule has 4 rings (SSSR count). The number of pyridine rings is 1. The fourth-order valence-electron chi connectivity index (χ4n) is 3.00. The SMILES string of the molecule is O=CC1C(c2ccncn2)=CC(c2ccccn2)=CN1c1ccccc1. The molecule has 3 heterocycles. The van der Waals surface area contributed by atoms with Crippen molar-refractivity contribution in [2.75, 3.05) is 4.90 Å². The maximum Gasteiger partial charge on any atom is 0.147 e. The lowest BCUT2D eigenvalue weighted by Gasteiger charge is -2.32. The Kier molecular flexibility index (Phi) is 4.35. The summed E-state index contributed by atoms with van der Waals surface area (Å²) in [6, 6.07) is 16.9. The minimum atomic E-state index is -0.472. The standard InChI is InChI=1S/C21H16N4O/c26-14-21-18(20-9-11-22-15-24-20)12-16(19-8-4-5-10-23-19)13-25(21)17-6-2-1-3-7-17/h1-15,21H. The molecule has 0 fully saturated rings. The van der Waals surface area contributed by atoms with Crippen LogP contribution in [0.1, 0.15) is 11.4 Å². The highest BCUT2D eigenvalue weighted by atomic mass is 16.1. The van der Waals surface area contributed by atoms with E-state index in [4.69, 9.17) is 0 Å². The average molecular weight is 340 g/mol. The Morgan fingerprint density at radius 1 is 0.885 bits per heavy atom. The van der Waals surface area contributed by atoms with Gasteiger partial charge in [-0.15, -0.1) is 0 Å². The Balaban J connectivity index is 1.88. The number of nitrogens with zero attached hydrogens (tertiary/aromatic N) is 4. The third-order valence-corrected chi connectivity index (χ3v) is 4.23. The second-order valence-electron chi connectivity index (χ2n) is 5.82. The van der Waals surface area contributed by atoms with Gasteiger partial charge in [0.2, 0.25) is 0 Å². The van der Waals surface area contributed by atoms with Gasteiger partial charge in [-0.25, -0.2) is 9.97 Å². The number of anilines is 1. The largest absolute Gasteiger partial charge is 0.333 e. The molecule has 0 spiro atoms. The van der Waals surface area contributed by atoms with Crippen molar-refractivity contribution in [2.24, 2.45) is 0 Å². The van der Waals surface area contributed by atoms with E-state index < -0.39 is 6.04 Å². The molecular weight excluding hydrogens is 324 g/mol. The van der Waals surface area contributed by atoms with Gasteiger partial charge in [0, 0.05) is 35.4 Å². The minimum absolute atomic E-state index is 0.472. The van der Waals surface area contributed by atoms with Crippen molar-refractivity contribution < 1.29 is 4.79 Å². The van der Waals surface area contributed by atoms with Crippen molar-refractivity contribution in [3.63, 3.8) is 0 Å². The number of aromatic nitrogens is 3. The summed E-state index contributed by atoms with van der Waals surface area (Å²) in [5.74, 6) is 0. The van der Waals surface area contributed by atoms with Crippen molar-refractivity contribution in [3.05, 3.63) is 97.0 Å². The summed E-state index contributed by atoms with van der Waals surface area (Å²) in [5.41, 5.74) is 4.22. The van der Waals surface area contributed by atoms with Crippen LogP contribution in [0.3, 0.4) is 0 Å². The number of carbonyl (C=O) groups is 1. The molecular formula is C21H16N4O. The van der Waals surface area contributed by atoms with Crippen LogP contribution in [0.4, 0.5) is 5.69 Å². The van der Waals surface area contributed by atoms with E-state index in [-0.39, 0.29) is 0 Å². The number of hydrogen-bond acceptors (Lipinski definition) is 5. The first-order valence-corrected chi connectivity index (χ1v) is 8.27. The molecule has 0 N–H and O–H groups in total. The highest BCUT2D eigenvalue weighted by Crippen LogP contribution is 2.33. The molecule has 0 bridgehead atoms. The summed E-state index contributed by atoms with van der Waals surface area (Å²) in [6.07, 6.45) is 9.80. The van der Waals surface area contributed by atoms with Crippen LogP contribution < -0.4 is 4.90 Å². The van der Waals surface area contributed by atoms with Crippen molar-refractivity contribution in [1.29, 1.82) is 0 Å².